The van der Waals surface area contributed by atoms with Gasteiger partial charge in [-0.2, -0.15) is 4.67 Å². The van der Waals surface area contributed by atoms with Gasteiger partial charge in [-0.15, -0.1) is 0 Å². The Morgan fingerprint density at radius 3 is 3.24 bits per heavy atom. The average Bonchev–Trinajstić information content (AvgIpc) is 2.84. The highest BCUT2D eigenvalue weighted by atomic mass is 31.2. The molecule has 2 saturated heterocycles. The lowest BCUT2D eigenvalue weighted by atomic mass is 10.2. The number of fused-ring (bicyclic) bond motifs is 1. The molecule has 2 fully saturated rings. The molecule has 92 valence electrons. The smallest absolute Gasteiger partial charge is 0.413 e. The standard InChI is InChI=1S/C11H13FNO3P/c12-9-3-1-5-11(7-9)16-17(14)13-6-2-4-10(13)8-15-17/h1,3,5,7,10H,2,4,6,8H2/t10-,17-/m0/s1. The number of benzene rings is 1. The van der Waals surface area contributed by atoms with E-state index in [1.165, 1.54) is 18.2 Å². The molecule has 2 heterocycles. The molecule has 6 heteroatoms. The van der Waals surface area contributed by atoms with E-state index in [-0.39, 0.29) is 11.8 Å². The van der Waals surface area contributed by atoms with E-state index in [0.29, 0.717) is 6.61 Å². The molecule has 17 heavy (non-hydrogen) atoms. The fourth-order valence-corrected chi connectivity index (χ4v) is 4.32. The molecule has 0 aromatic heterocycles. The van der Waals surface area contributed by atoms with Crippen molar-refractivity contribution in [1.29, 1.82) is 0 Å². The van der Waals surface area contributed by atoms with E-state index in [1.807, 2.05) is 0 Å². The zero-order valence-corrected chi connectivity index (χ0v) is 10.1. The Labute approximate surface area is 98.9 Å². The number of halogens is 1. The summed E-state index contributed by atoms with van der Waals surface area (Å²) in [5, 5.41) is 0. The van der Waals surface area contributed by atoms with Crippen LogP contribution >= 0.6 is 7.75 Å². The molecular formula is C11H13FNO3P. The van der Waals surface area contributed by atoms with Gasteiger partial charge in [0.1, 0.15) is 11.6 Å². The summed E-state index contributed by atoms with van der Waals surface area (Å²) in [6.07, 6.45) is 1.99. The van der Waals surface area contributed by atoms with Crippen LogP contribution in [0, 0.1) is 5.82 Å². The summed E-state index contributed by atoms with van der Waals surface area (Å²) in [5.74, 6) is -0.160. The van der Waals surface area contributed by atoms with E-state index in [2.05, 4.69) is 0 Å². The maximum atomic E-state index is 13.0. The van der Waals surface area contributed by atoms with Crippen molar-refractivity contribution in [2.45, 2.75) is 18.9 Å². The van der Waals surface area contributed by atoms with Crippen molar-refractivity contribution in [1.82, 2.24) is 4.67 Å². The van der Waals surface area contributed by atoms with Gasteiger partial charge in [0, 0.05) is 18.7 Å². The van der Waals surface area contributed by atoms with Crippen LogP contribution in [0.2, 0.25) is 0 Å². The second-order valence-corrected chi connectivity index (χ2v) is 6.16. The third-order valence-corrected chi connectivity index (χ3v) is 5.18. The van der Waals surface area contributed by atoms with E-state index in [1.54, 1.807) is 10.7 Å². The Balaban J connectivity index is 1.83. The van der Waals surface area contributed by atoms with Gasteiger partial charge in [0.2, 0.25) is 0 Å². The minimum atomic E-state index is -3.25. The maximum Gasteiger partial charge on any atom is 0.461 e. The Hall–Kier alpha value is -0.900. The zero-order valence-electron chi connectivity index (χ0n) is 9.21. The van der Waals surface area contributed by atoms with Crippen LogP contribution in [-0.4, -0.2) is 23.9 Å². The molecule has 0 unspecified atom stereocenters. The van der Waals surface area contributed by atoms with Crippen LogP contribution < -0.4 is 4.52 Å². The Bertz CT molecular complexity index is 482. The predicted molar refractivity (Wildman–Crippen MR) is 60.3 cm³/mol. The van der Waals surface area contributed by atoms with Gasteiger partial charge in [-0.05, 0) is 25.0 Å². The van der Waals surface area contributed by atoms with Crippen LogP contribution in [0.5, 0.6) is 5.75 Å². The van der Waals surface area contributed by atoms with Gasteiger partial charge >= 0.3 is 7.75 Å². The summed E-state index contributed by atoms with van der Waals surface area (Å²) in [6.45, 7) is 1.16. The summed E-state index contributed by atoms with van der Waals surface area (Å²) in [7, 11) is -3.25. The number of rotatable bonds is 2. The molecule has 0 amide bonds. The normalized spacial score (nSPS) is 32.6. The molecule has 0 spiro atoms. The van der Waals surface area contributed by atoms with E-state index < -0.39 is 13.6 Å². The van der Waals surface area contributed by atoms with E-state index >= 15 is 0 Å². The van der Waals surface area contributed by atoms with Gasteiger partial charge in [-0.3, -0.25) is 4.52 Å². The fourth-order valence-electron chi connectivity index (χ4n) is 2.30. The molecule has 0 aliphatic carbocycles. The first-order chi connectivity index (χ1) is 8.17. The topological polar surface area (TPSA) is 38.8 Å². The molecular weight excluding hydrogens is 244 g/mol. The number of hydrogen-bond acceptors (Lipinski definition) is 3. The van der Waals surface area contributed by atoms with E-state index in [9.17, 15) is 8.96 Å². The molecule has 1 aromatic rings. The molecule has 1 aromatic carbocycles. The molecule has 0 radical (unpaired) electrons. The lowest BCUT2D eigenvalue weighted by molar-refractivity contribution is 0.287. The van der Waals surface area contributed by atoms with Crippen molar-refractivity contribution in [3.8, 4) is 5.75 Å². The third-order valence-electron chi connectivity index (χ3n) is 3.11. The van der Waals surface area contributed by atoms with Gasteiger partial charge in [-0.25, -0.2) is 8.96 Å². The second kappa shape index (κ2) is 4.09. The lowest BCUT2D eigenvalue weighted by Crippen LogP contribution is -2.22. The minimum absolute atomic E-state index is 0.189. The molecule has 4 nitrogen and oxygen atoms in total. The quantitative estimate of drug-likeness (QED) is 0.764. The highest BCUT2D eigenvalue weighted by Gasteiger charge is 2.49. The van der Waals surface area contributed by atoms with Crippen LogP contribution in [0.4, 0.5) is 4.39 Å². The average molecular weight is 257 g/mol. The van der Waals surface area contributed by atoms with Crippen molar-refractivity contribution in [2.75, 3.05) is 13.2 Å². The maximum absolute atomic E-state index is 13.0. The van der Waals surface area contributed by atoms with E-state index in [4.69, 9.17) is 9.05 Å². The highest BCUT2D eigenvalue weighted by molar-refractivity contribution is 7.52. The first kappa shape index (κ1) is 11.2. The van der Waals surface area contributed by atoms with Crippen molar-refractivity contribution >= 4 is 7.75 Å². The van der Waals surface area contributed by atoms with Crippen molar-refractivity contribution < 1.29 is 18.0 Å². The van der Waals surface area contributed by atoms with Gasteiger partial charge in [-0.1, -0.05) is 6.07 Å². The van der Waals surface area contributed by atoms with Crippen LogP contribution in [0.15, 0.2) is 24.3 Å². The van der Waals surface area contributed by atoms with Gasteiger partial charge in [0.25, 0.3) is 0 Å². The predicted octanol–water partition coefficient (Wildman–Crippen LogP) is 2.81. The summed E-state index contributed by atoms with van der Waals surface area (Å²) < 4.78 is 37.9. The summed E-state index contributed by atoms with van der Waals surface area (Å²) in [6, 6.07) is 5.82. The molecule has 2 aliphatic rings. The minimum Gasteiger partial charge on any atom is -0.413 e. The van der Waals surface area contributed by atoms with Crippen LogP contribution in [0.3, 0.4) is 0 Å². The Morgan fingerprint density at radius 2 is 2.41 bits per heavy atom. The van der Waals surface area contributed by atoms with Crippen molar-refractivity contribution in [3.05, 3.63) is 30.1 Å². The monoisotopic (exact) mass is 257 g/mol. The van der Waals surface area contributed by atoms with Gasteiger partial charge in [0.15, 0.2) is 0 Å². The highest BCUT2D eigenvalue weighted by Crippen LogP contribution is 2.59. The molecule has 2 aliphatic heterocycles. The number of nitrogens with zero attached hydrogens (tertiary/aromatic N) is 1. The van der Waals surface area contributed by atoms with Gasteiger partial charge in [0.05, 0.1) is 6.61 Å². The first-order valence-electron chi connectivity index (χ1n) is 5.64. The summed E-state index contributed by atoms with van der Waals surface area (Å²) >= 11 is 0. The third kappa shape index (κ3) is 1.99. The molecule has 3 rings (SSSR count). The second-order valence-electron chi connectivity index (χ2n) is 4.27. The summed E-state index contributed by atoms with van der Waals surface area (Å²) in [4.78, 5) is 0. The van der Waals surface area contributed by atoms with Gasteiger partial charge < -0.3 is 4.52 Å². The number of hydrogen-bond donors (Lipinski definition) is 0. The van der Waals surface area contributed by atoms with E-state index in [0.717, 1.165) is 19.4 Å². The fraction of sp³-hybridized carbons (Fsp3) is 0.455. The largest absolute Gasteiger partial charge is 0.461 e. The Morgan fingerprint density at radius 1 is 1.53 bits per heavy atom. The lowest BCUT2D eigenvalue weighted by Gasteiger charge is -2.21. The Kier molecular flexibility index (Phi) is 2.69. The van der Waals surface area contributed by atoms with Crippen LogP contribution in [0.25, 0.3) is 0 Å². The van der Waals surface area contributed by atoms with Crippen LogP contribution in [0.1, 0.15) is 12.8 Å². The van der Waals surface area contributed by atoms with Crippen LogP contribution in [-0.2, 0) is 9.09 Å². The first-order valence-corrected chi connectivity index (χ1v) is 7.14. The SMILES string of the molecule is O=[P@]1(Oc2cccc(F)c2)OC[C@@H]2CCCN21. The molecule has 0 saturated carbocycles. The van der Waals surface area contributed by atoms with Crippen molar-refractivity contribution in [2.24, 2.45) is 0 Å². The zero-order chi connectivity index (χ0) is 11.9. The molecule has 2 atom stereocenters. The molecule has 0 bridgehead atoms. The van der Waals surface area contributed by atoms with Crippen molar-refractivity contribution in [3.63, 3.8) is 0 Å². The molecule has 0 N–H and O–H groups in total. The summed E-state index contributed by atoms with van der Waals surface area (Å²) in [5.41, 5.74) is 0.